The number of likely N-dealkylation sites (N-methyl/N-ethyl adjacent to an activating group) is 1. The number of methoxy groups -OCH3 is 4. The Kier molecular flexibility index (Phi) is 11.2. The van der Waals surface area contributed by atoms with Crippen LogP contribution in [-0.4, -0.2) is 72.7 Å². The summed E-state index contributed by atoms with van der Waals surface area (Å²) in [6.45, 7) is 5.12. The van der Waals surface area contributed by atoms with Crippen LogP contribution < -0.4 is 28.6 Å². The Bertz CT molecular complexity index is 1540. The lowest BCUT2D eigenvalue weighted by Crippen LogP contribution is -2.51. The van der Waals surface area contributed by atoms with Crippen LogP contribution in [0.4, 0.5) is 5.69 Å². The van der Waals surface area contributed by atoms with E-state index in [9.17, 15) is 18.0 Å². The van der Waals surface area contributed by atoms with Crippen LogP contribution in [0, 0.1) is 6.92 Å². The van der Waals surface area contributed by atoms with Crippen molar-refractivity contribution in [1.82, 2.24) is 10.2 Å². The number of hydrogen-bond acceptors (Lipinski definition) is 8. The Morgan fingerprint density at radius 3 is 2.12 bits per heavy atom. The van der Waals surface area contributed by atoms with Crippen LogP contribution in [0.5, 0.6) is 23.0 Å². The van der Waals surface area contributed by atoms with Gasteiger partial charge in [0.1, 0.15) is 24.1 Å². The minimum absolute atomic E-state index is 0.0755. The van der Waals surface area contributed by atoms with Gasteiger partial charge in [-0.25, -0.2) is 8.42 Å². The van der Waals surface area contributed by atoms with E-state index in [0.29, 0.717) is 18.0 Å². The van der Waals surface area contributed by atoms with Crippen molar-refractivity contribution in [3.63, 3.8) is 0 Å². The van der Waals surface area contributed by atoms with Crippen LogP contribution in [0.3, 0.4) is 0 Å². The molecule has 0 saturated heterocycles. The summed E-state index contributed by atoms with van der Waals surface area (Å²) in [5.74, 6) is 0.110. The Labute approximate surface area is 253 Å². The number of carbonyl (C=O) groups is 2. The monoisotopic (exact) mass is 613 g/mol. The van der Waals surface area contributed by atoms with Gasteiger partial charge in [0.2, 0.25) is 11.8 Å². The predicted molar refractivity (Wildman–Crippen MR) is 163 cm³/mol. The summed E-state index contributed by atoms with van der Waals surface area (Å²) in [6.07, 6.45) is 0. The quantitative estimate of drug-likeness (QED) is 0.292. The Balaban J connectivity index is 2.18. The fourth-order valence-electron chi connectivity index (χ4n) is 4.48. The lowest BCUT2D eigenvalue weighted by Gasteiger charge is -2.32. The van der Waals surface area contributed by atoms with Crippen molar-refractivity contribution < 1.29 is 37.0 Å². The molecule has 0 saturated carbocycles. The second-order valence-electron chi connectivity index (χ2n) is 9.58. The summed E-state index contributed by atoms with van der Waals surface area (Å²) < 4.78 is 51.1. The van der Waals surface area contributed by atoms with Crippen molar-refractivity contribution in [2.45, 2.75) is 38.3 Å². The van der Waals surface area contributed by atoms with E-state index >= 15 is 0 Å². The third kappa shape index (κ3) is 7.50. The second-order valence-corrected chi connectivity index (χ2v) is 11.4. The number of nitrogens with one attached hydrogen (secondary N) is 1. The van der Waals surface area contributed by atoms with Crippen molar-refractivity contribution in [2.24, 2.45) is 0 Å². The molecule has 1 N–H and O–H groups in total. The van der Waals surface area contributed by atoms with Crippen LogP contribution in [0.25, 0.3) is 0 Å². The SMILES string of the molecule is CCNC(=O)C(C)N(Cc1ccccc1C)C(=O)CN(c1cc(OC)ccc1OC)S(=O)(=O)c1ccc(OC)c(OC)c1. The van der Waals surface area contributed by atoms with Gasteiger partial charge in [0.15, 0.2) is 11.5 Å². The molecule has 1 unspecified atom stereocenters. The Morgan fingerprint density at radius 1 is 0.860 bits per heavy atom. The molecule has 0 aromatic heterocycles. The van der Waals surface area contributed by atoms with E-state index < -0.39 is 28.5 Å². The van der Waals surface area contributed by atoms with E-state index in [0.717, 1.165) is 15.4 Å². The number of anilines is 1. The highest BCUT2D eigenvalue weighted by Gasteiger charge is 2.34. The third-order valence-corrected chi connectivity index (χ3v) is 8.75. The van der Waals surface area contributed by atoms with E-state index in [1.54, 1.807) is 26.0 Å². The molecular weight excluding hydrogens is 574 g/mol. The molecule has 1 atom stereocenters. The van der Waals surface area contributed by atoms with E-state index in [1.165, 1.54) is 57.6 Å². The van der Waals surface area contributed by atoms with Gasteiger partial charge in [-0.1, -0.05) is 24.3 Å². The number of hydrogen-bond donors (Lipinski definition) is 1. The zero-order valence-electron chi connectivity index (χ0n) is 25.5. The molecule has 0 aliphatic rings. The molecule has 3 rings (SSSR count). The standard InChI is InChI=1S/C31H39N3O8S/c1-8-32-31(36)22(3)33(19-23-12-10-9-11-21(23)2)30(35)20-34(26-17-24(39-4)13-15-27(26)40-5)43(37,38)25-14-16-28(41-6)29(18-25)42-7/h9-18,22H,8,19-20H2,1-7H3,(H,32,36). The maximum absolute atomic E-state index is 14.3. The Morgan fingerprint density at radius 2 is 1.51 bits per heavy atom. The summed E-state index contributed by atoms with van der Waals surface area (Å²) >= 11 is 0. The first kappa shape index (κ1) is 33.1. The fourth-order valence-corrected chi connectivity index (χ4v) is 5.92. The largest absolute Gasteiger partial charge is 0.497 e. The molecule has 3 aromatic rings. The molecule has 3 aromatic carbocycles. The topological polar surface area (TPSA) is 124 Å². The summed E-state index contributed by atoms with van der Waals surface area (Å²) in [7, 11) is 1.26. The molecule has 232 valence electrons. The molecule has 0 aliphatic carbocycles. The molecule has 0 heterocycles. The first-order chi connectivity index (χ1) is 20.5. The average Bonchev–Trinajstić information content (AvgIpc) is 3.02. The maximum Gasteiger partial charge on any atom is 0.265 e. The van der Waals surface area contributed by atoms with E-state index in [1.807, 2.05) is 31.2 Å². The average molecular weight is 614 g/mol. The zero-order chi connectivity index (χ0) is 31.7. The maximum atomic E-state index is 14.3. The van der Waals surface area contributed by atoms with Crippen LogP contribution in [0.1, 0.15) is 25.0 Å². The minimum Gasteiger partial charge on any atom is -0.497 e. The molecular formula is C31H39N3O8S. The van der Waals surface area contributed by atoms with Gasteiger partial charge in [0, 0.05) is 25.2 Å². The molecule has 2 amide bonds. The number of sulfonamides is 1. The van der Waals surface area contributed by atoms with E-state index in [4.69, 9.17) is 18.9 Å². The molecule has 43 heavy (non-hydrogen) atoms. The van der Waals surface area contributed by atoms with Gasteiger partial charge in [0.05, 0.1) is 39.0 Å². The summed E-state index contributed by atoms with van der Waals surface area (Å²) in [5, 5.41) is 2.75. The van der Waals surface area contributed by atoms with Crippen molar-refractivity contribution in [1.29, 1.82) is 0 Å². The van der Waals surface area contributed by atoms with Gasteiger partial charge in [-0.05, 0) is 56.2 Å². The van der Waals surface area contributed by atoms with Crippen molar-refractivity contribution >= 4 is 27.5 Å². The van der Waals surface area contributed by atoms with Gasteiger partial charge in [-0.2, -0.15) is 0 Å². The van der Waals surface area contributed by atoms with Crippen molar-refractivity contribution in [3.8, 4) is 23.0 Å². The lowest BCUT2D eigenvalue weighted by molar-refractivity contribution is -0.139. The second kappa shape index (κ2) is 14.6. The minimum atomic E-state index is -4.42. The number of amides is 2. The number of rotatable bonds is 14. The predicted octanol–water partition coefficient (Wildman–Crippen LogP) is 3.78. The van der Waals surface area contributed by atoms with Gasteiger partial charge in [0.25, 0.3) is 10.0 Å². The van der Waals surface area contributed by atoms with Crippen LogP contribution >= 0.6 is 0 Å². The molecule has 0 fully saturated rings. The third-order valence-electron chi connectivity index (χ3n) is 7.00. The number of aryl methyl sites for hydroxylation is 1. The highest BCUT2D eigenvalue weighted by molar-refractivity contribution is 7.92. The van der Waals surface area contributed by atoms with Crippen molar-refractivity contribution in [3.05, 3.63) is 71.8 Å². The van der Waals surface area contributed by atoms with Gasteiger partial charge in [-0.3, -0.25) is 13.9 Å². The van der Waals surface area contributed by atoms with Crippen LogP contribution in [0.15, 0.2) is 65.6 Å². The van der Waals surface area contributed by atoms with Crippen LogP contribution in [-0.2, 0) is 26.2 Å². The number of nitrogens with zero attached hydrogens (tertiary/aromatic N) is 2. The van der Waals surface area contributed by atoms with Gasteiger partial charge in [-0.15, -0.1) is 0 Å². The zero-order valence-corrected chi connectivity index (χ0v) is 26.4. The lowest BCUT2D eigenvalue weighted by atomic mass is 10.1. The van der Waals surface area contributed by atoms with Crippen molar-refractivity contribution in [2.75, 3.05) is 45.8 Å². The summed E-state index contributed by atoms with van der Waals surface area (Å²) in [4.78, 5) is 28.3. The normalized spacial score (nSPS) is 11.7. The molecule has 11 nitrogen and oxygen atoms in total. The molecule has 0 radical (unpaired) electrons. The number of ether oxygens (including phenoxy) is 4. The molecule has 12 heteroatoms. The molecule has 0 spiro atoms. The summed E-state index contributed by atoms with van der Waals surface area (Å²) in [5.41, 5.74) is 1.82. The van der Waals surface area contributed by atoms with Gasteiger partial charge < -0.3 is 29.2 Å². The summed E-state index contributed by atoms with van der Waals surface area (Å²) in [6, 6.07) is 15.4. The highest BCUT2D eigenvalue weighted by atomic mass is 32.2. The molecule has 0 aliphatic heterocycles. The first-order valence-electron chi connectivity index (χ1n) is 13.6. The Hall–Kier alpha value is -4.45. The number of benzene rings is 3. The highest BCUT2D eigenvalue weighted by Crippen LogP contribution is 2.37. The van der Waals surface area contributed by atoms with E-state index in [2.05, 4.69) is 5.32 Å². The van der Waals surface area contributed by atoms with E-state index in [-0.39, 0.29) is 34.5 Å². The van der Waals surface area contributed by atoms with Gasteiger partial charge >= 0.3 is 0 Å². The van der Waals surface area contributed by atoms with Crippen LogP contribution in [0.2, 0.25) is 0 Å². The molecule has 0 bridgehead atoms. The first-order valence-corrected chi connectivity index (χ1v) is 15.0. The smallest absolute Gasteiger partial charge is 0.265 e. The number of carbonyl (C=O) groups excluding carboxylic acids is 2. The fraction of sp³-hybridized carbons (Fsp3) is 0.355.